The molecule has 0 saturated heterocycles. The van der Waals surface area contributed by atoms with Crippen LogP contribution in [0, 0.1) is 5.92 Å². The number of nitrogen functional groups attached to an aromatic ring is 1. The van der Waals surface area contributed by atoms with Gasteiger partial charge in [-0.25, -0.2) is 12.7 Å². The smallest absolute Gasteiger partial charge is 0.242 e. The lowest BCUT2D eigenvalue weighted by molar-refractivity contribution is 0.417. The monoisotopic (exact) mass is 258 g/mol. The Morgan fingerprint density at radius 3 is 2.47 bits per heavy atom. The Labute approximate surface area is 102 Å². The molecule has 0 aromatic heterocycles. The molecule has 0 aliphatic rings. The van der Waals surface area contributed by atoms with E-state index in [4.69, 9.17) is 5.73 Å². The second-order valence-electron chi connectivity index (χ2n) is 4.40. The Hall–Kier alpha value is -1.27. The molecule has 0 amide bonds. The van der Waals surface area contributed by atoms with Gasteiger partial charge in [0.2, 0.25) is 10.0 Å². The maximum absolute atomic E-state index is 12.1. The van der Waals surface area contributed by atoms with Crippen molar-refractivity contribution in [3.8, 4) is 5.75 Å². The summed E-state index contributed by atoms with van der Waals surface area (Å²) in [6, 6.07) is 3.89. The van der Waals surface area contributed by atoms with Crippen molar-refractivity contribution < 1.29 is 13.5 Å². The molecule has 0 fully saturated rings. The lowest BCUT2D eigenvalue weighted by atomic mass is 10.2. The third kappa shape index (κ3) is 3.10. The van der Waals surface area contributed by atoms with E-state index in [1.807, 2.05) is 13.8 Å². The van der Waals surface area contributed by atoms with E-state index >= 15 is 0 Å². The number of benzene rings is 1. The molecule has 96 valence electrons. The van der Waals surface area contributed by atoms with Gasteiger partial charge in [-0.15, -0.1) is 0 Å². The number of anilines is 1. The number of hydrogen-bond donors (Lipinski definition) is 2. The van der Waals surface area contributed by atoms with Crippen molar-refractivity contribution in [1.82, 2.24) is 4.31 Å². The fourth-order valence-electron chi connectivity index (χ4n) is 1.49. The minimum absolute atomic E-state index is 0.0593. The van der Waals surface area contributed by atoms with Crippen LogP contribution in [0.3, 0.4) is 0 Å². The van der Waals surface area contributed by atoms with Crippen LogP contribution >= 0.6 is 0 Å². The highest BCUT2D eigenvalue weighted by atomic mass is 32.2. The summed E-state index contributed by atoms with van der Waals surface area (Å²) < 4.78 is 25.5. The van der Waals surface area contributed by atoms with Crippen molar-refractivity contribution in [1.29, 1.82) is 0 Å². The fraction of sp³-hybridized carbons (Fsp3) is 0.455. The summed E-state index contributed by atoms with van der Waals surface area (Å²) >= 11 is 0. The molecule has 0 bridgehead atoms. The Morgan fingerprint density at radius 2 is 2.00 bits per heavy atom. The predicted molar refractivity (Wildman–Crippen MR) is 67.2 cm³/mol. The van der Waals surface area contributed by atoms with Crippen molar-refractivity contribution in [3.05, 3.63) is 18.2 Å². The zero-order chi connectivity index (χ0) is 13.2. The van der Waals surface area contributed by atoms with E-state index in [0.717, 1.165) is 0 Å². The van der Waals surface area contributed by atoms with E-state index in [1.165, 1.54) is 29.6 Å². The molecule has 0 aliphatic carbocycles. The van der Waals surface area contributed by atoms with Crippen LogP contribution in [-0.4, -0.2) is 31.4 Å². The highest BCUT2D eigenvalue weighted by Gasteiger charge is 2.21. The summed E-state index contributed by atoms with van der Waals surface area (Å²) in [5, 5.41) is 9.26. The predicted octanol–water partition coefficient (Wildman–Crippen LogP) is 1.25. The van der Waals surface area contributed by atoms with E-state index in [9.17, 15) is 13.5 Å². The van der Waals surface area contributed by atoms with E-state index in [1.54, 1.807) is 0 Å². The van der Waals surface area contributed by atoms with Crippen molar-refractivity contribution in [2.45, 2.75) is 18.7 Å². The van der Waals surface area contributed by atoms with Gasteiger partial charge < -0.3 is 10.8 Å². The minimum atomic E-state index is -3.53. The maximum atomic E-state index is 12.1. The van der Waals surface area contributed by atoms with Crippen LogP contribution in [0.1, 0.15) is 13.8 Å². The second kappa shape index (κ2) is 4.93. The van der Waals surface area contributed by atoms with Crippen LogP contribution in [0.15, 0.2) is 23.1 Å². The number of phenols is 1. The molecular weight excluding hydrogens is 240 g/mol. The number of nitrogens with zero attached hydrogens (tertiary/aromatic N) is 1. The maximum Gasteiger partial charge on any atom is 0.242 e. The van der Waals surface area contributed by atoms with E-state index < -0.39 is 10.0 Å². The summed E-state index contributed by atoms with van der Waals surface area (Å²) in [5.41, 5.74) is 5.55. The first-order valence-corrected chi connectivity index (χ1v) is 6.74. The third-order valence-electron chi connectivity index (χ3n) is 2.33. The molecule has 0 atom stereocenters. The van der Waals surface area contributed by atoms with Crippen LogP contribution in [0.25, 0.3) is 0 Å². The number of aromatic hydroxyl groups is 1. The molecule has 0 saturated carbocycles. The summed E-state index contributed by atoms with van der Waals surface area (Å²) in [6.45, 7) is 4.32. The Balaban J connectivity index is 3.09. The lowest BCUT2D eigenvalue weighted by Crippen LogP contribution is -2.30. The minimum Gasteiger partial charge on any atom is -0.506 e. The highest BCUT2D eigenvalue weighted by Crippen LogP contribution is 2.25. The van der Waals surface area contributed by atoms with E-state index in [-0.39, 0.29) is 22.3 Å². The van der Waals surface area contributed by atoms with Crippen LogP contribution < -0.4 is 5.73 Å². The molecule has 0 radical (unpaired) electrons. The van der Waals surface area contributed by atoms with E-state index in [0.29, 0.717) is 6.54 Å². The Morgan fingerprint density at radius 1 is 1.41 bits per heavy atom. The largest absolute Gasteiger partial charge is 0.506 e. The molecular formula is C11H18N2O3S. The topological polar surface area (TPSA) is 83.6 Å². The van der Waals surface area contributed by atoms with Gasteiger partial charge >= 0.3 is 0 Å². The van der Waals surface area contributed by atoms with Gasteiger partial charge in [-0.05, 0) is 24.1 Å². The molecule has 1 aromatic carbocycles. The van der Waals surface area contributed by atoms with Crippen LogP contribution in [0.5, 0.6) is 5.75 Å². The molecule has 1 rings (SSSR count). The van der Waals surface area contributed by atoms with Crippen LogP contribution in [0.4, 0.5) is 5.69 Å². The molecule has 0 spiro atoms. The summed E-state index contributed by atoms with van der Waals surface area (Å²) in [6.07, 6.45) is 0. The second-order valence-corrected chi connectivity index (χ2v) is 6.44. The molecule has 3 N–H and O–H groups in total. The standard InChI is InChI=1S/C11H18N2O3S/c1-8(2)7-13(3)17(15,16)9-4-5-11(14)10(12)6-9/h4-6,8,14H,7,12H2,1-3H3. The normalized spacial score (nSPS) is 12.3. The van der Waals surface area contributed by atoms with Crippen molar-refractivity contribution in [2.24, 2.45) is 5.92 Å². The average molecular weight is 258 g/mol. The SMILES string of the molecule is CC(C)CN(C)S(=O)(=O)c1ccc(O)c(N)c1. The van der Waals surface area contributed by atoms with Gasteiger partial charge in [-0.3, -0.25) is 0 Å². The van der Waals surface area contributed by atoms with Crippen molar-refractivity contribution >= 4 is 15.7 Å². The zero-order valence-electron chi connectivity index (χ0n) is 10.2. The Kier molecular flexibility index (Phi) is 4.00. The average Bonchev–Trinajstić information content (AvgIpc) is 2.20. The van der Waals surface area contributed by atoms with E-state index in [2.05, 4.69) is 0 Å². The number of phenolic OH excluding ortho intramolecular Hbond substituents is 1. The number of nitrogens with two attached hydrogens (primary N) is 1. The molecule has 0 unspecified atom stereocenters. The lowest BCUT2D eigenvalue weighted by Gasteiger charge is -2.19. The molecule has 5 nitrogen and oxygen atoms in total. The first-order chi connectivity index (χ1) is 7.75. The van der Waals surface area contributed by atoms with Gasteiger partial charge in [-0.2, -0.15) is 0 Å². The number of rotatable bonds is 4. The molecule has 0 heterocycles. The van der Waals surface area contributed by atoms with Crippen LogP contribution in [0.2, 0.25) is 0 Å². The van der Waals surface area contributed by atoms with Gasteiger partial charge in [0.25, 0.3) is 0 Å². The van der Waals surface area contributed by atoms with Gasteiger partial charge in [0.15, 0.2) is 0 Å². The summed E-state index contributed by atoms with van der Waals surface area (Å²) in [4.78, 5) is 0.0935. The van der Waals surface area contributed by atoms with Gasteiger partial charge in [0.1, 0.15) is 5.75 Å². The van der Waals surface area contributed by atoms with Gasteiger partial charge in [-0.1, -0.05) is 13.8 Å². The molecule has 0 aliphatic heterocycles. The molecule has 17 heavy (non-hydrogen) atoms. The molecule has 1 aromatic rings. The van der Waals surface area contributed by atoms with Gasteiger partial charge in [0, 0.05) is 13.6 Å². The Bertz CT molecular complexity index is 497. The highest BCUT2D eigenvalue weighted by molar-refractivity contribution is 7.89. The first kappa shape index (κ1) is 13.8. The number of hydrogen-bond acceptors (Lipinski definition) is 4. The summed E-state index contributed by atoms with van der Waals surface area (Å²) in [5.74, 6) is 0.125. The van der Waals surface area contributed by atoms with Gasteiger partial charge in [0.05, 0.1) is 10.6 Å². The quantitative estimate of drug-likeness (QED) is 0.629. The summed E-state index contributed by atoms with van der Waals surface area (Å²) in [7, 11) is -2.00. The fourth-order valence-corrected chi connectivity index (χ4v) is 2.86. The van der Waals surface area contributed by atoms with Crippen molar-refractivity contribution in [2.75, 3.05) is 19.3 Å². The van der Waals surface area contributed by atoms with Crippen LogP contribution in [-0.2, 0) is 10.0 Å². The van der Waals surface area contributed by atoms with Crippen molar-refractivity contribution in [3.63, 3.8) is 0 Å². The zero-order valence-corrected chi connectivity index (χ0v) is 11.0. The third-order valence-corrected chi connectivity index (χ3v) is 4.15. The number of sulfonamides is 1. The first-order valence-electron chi connectivity index (χ1n) is 5.30. The molecule has 6 heteroatoms.